The molecule has 0 aliphatic heterocycles. The first-order chi connectivity index (χ1) is 7.45. The number of benzene rings is 1. The first-order valence-electron chi connectivity index (χ1n) is 4.28. The number of hydrazine groups is 1. The van der Waals surface area contributed by atoms with Crippen molar-refractivity contribution in [2.45, 2.75) is 4.90 Å². The molecule has 7 nitrogen and oxygen atoms in total. The number of oxazole rings is 1. The number of nitrogens with one attached hydrogen (secondary N) is 1. The van der Waals surface area contributed by atoms with Crippen LogP contribution in [0.1, 0.15) is 0 Å². The lowest BCUT2D eigenvalue weighted by atomic mass is 10.3. The average molecular weight is 243 g/mol. The fraction of sp³-hybridized carbons (Fsp3) is 0.125. The van der Waals surface area contributed by atoms with Crippen LogP contribution in [-0.4, -0.2) is 13.0 Å². The predicted octanol–water partition coefficient (Wildman–Crippen LogP) is -0.716. The molecule has 0 aliphatic rings. The molecule has 0 atom stereocenters. The van der Waals surface area contributed by atoms with Crippen molar-refractivity contribution in [3.63, 3.8) is 0 Å². The molecular formula is C8H9N3O4S. The second-order valence-corrected chi connectivity index (χ2v) is 4.89. The first kappa shape index (κ1) is 10.9. The van der Waals surface area contributed by atoms with Gasteiger partial charge in [-0.1, -0.05) is 0 Å². The summed E-state index contributed by atoms with van der Waals surface area (Å²) in [7, 11) is -2.21. The van der Waals surface area contributed by atoms with Crippen molar-refractivity contribution in [1.29, 1.82) is 0 Å². The van der Waals surface area contributed by atoms with Crippen LogP contribution in [0.3, 0.4) is 0 Å². The van der Waals surface area contributed by atoms with Gasteiger partial charge < -0.3 is 4.42 Å². The van der Waals surface area contributed by atoms with Crippen molar-refractivity contribution in [3.05, 3.63) is 28.7 Å². The van der Waals surface area contributed by atoms with E-state index in [1.807, 2.05) is 0 Å². The predicted molar refractivity (Wildman–Crippen MR) is 56.0 cm³/mol. The Morgan fingerprint density at radius 1 is 1.44 bits per heavy atom. The Bertz CT molecular complexity index is 698. The van der Waals surface area contributed by atoms with Crippen molar-refractivity contribution in [1.82, 2.24) is 9.40 Å². The SMILES string of the molecule is Cn1c(=O)oc2cc(S(=O)(=O)NN)ccc21. The zero-order valence-electron chi connectivity index (χ0n) is 8.30. The number of hydrogen-bond donors (Lipinski definition) is 2. The van der Waals surface area contributed by atoms with Gasteiger partial charge in [0.15, 0.2) is 5.58 Å². The second kappa shape index (κ2) is 3.44. The fourth-order valence-electron chi connectivity index (χ4n) is 1.35. The smallest absolute Gasteiger partial charge is 0.408 e. The maximum atomic E-state index is 11.4. The Kier molecular flexibility index (Phi) is 2.34. The van der Waals surface area contributed by atoms with Crippen molar-refractivity contribution in [2.24, 2.45) is 12.9 Å². The molecule has 1 heterocycles. The van der Waals surface area contributed by atoms with E-state index in [0.717, 1.165) is 0 Å². The molecule has 0 bridgehead atoms. The van der Waals surface area contributed by atoms with Crippen LogP contribution in [0.2, 0.25) is 0 Å². The van der Waals surface area contributed by atoms with Gasteiger partial charge in [0, 0.05) is 13.1 Å². The third-order valence-corrected chi connectivity index (χ3v) is 3.41. The number of aryl methyl sites for hydroxylation is 1. The number of nitrogens with zero attached hydrogens (tertiary/aromatic N) is 1. The van der Waals surface area contributed by atoms with Crippen molar-refractivity contribution < 1.29 is 12.8 Å². The molecule has 0 radical (unpaired) electrons. The Balaban J connectivity index is 2.76. The minimum absolute atomic E-state index is 0.0585. The van der Waals surface area contributed by atoms with Gasteiger partial charge in [-0.2, -0.15) is 4.83 Å². The van der Waals surface area contributed by atoms with E-state index in [0.29, 0.717) is 5.52 Å². The molecule has 0 saturated carbocycles. The lowest BCUT2D eigenvalue weighted by molar-refractivity contribution is 0.527. The number of nitrogens with two attached hydrogens (primary N) is 1. The Labute approximate surface area is 90.5 Å². The molecule has 16 heavy (non-hydrogen) atoms. The van der Waals surface area contributed by atoms with E-state index in [9.17, 15) is 13.2 Å². The van der Waals surface area contributed by atoms with Crippen molar-refractivity contribution >= 4 is 21.1 Å². The summed E-state index contributed by atoms with van der Waals surface area (Å²) in [6.45, 7) is 0. The van der Waals surface area contributed by atoms with E-state index >= 15 is 0 Å². The number of sulfonamides is 1. The average Bonchev–Trinajstić information content (AvgIpc) is 2.54. The summed E-state index contributed by atoms with van der Waals surface area (Å²) in [6, 6.07) is 4.06. The van der Waals surface area contributed by atoms with E-state index in [-0.39, 0.29) is 10.5 Å². The lowest BCUT2D eigenvalue weighted by Crippen LogP contribution is -2.30. The van der Waals surface area contributed by atoms with Crippen molar-refractivity contribution in [2.75, 3.05) is 0 Å². The summed E-state index contributed by atoms with van der Waals surface area (Å²) in [5, 5.41) is 0. The zero-order valence-corrected chi connectivity index (χ0v) is 9.11. The van der Waals surface area contributed by atoms with Gasteiger partial charge in [0.2, 0.25) is 0 Å². The molecule has 0 spiro atoms. The quantitative estimate of drug-likeness (QED) is 0.535. The normalized spacial score (nSPS) is 12.1. The highest BCUT2D eigenvalue weighted by molar-refractivity contribution is 7.89. The van der Waals surface area contributed by atoms with Crippen LogP contribution in [0.15, 0.2) is 32.3 Å². The van der Waals surface area contributed by atoms with Gasteiger partial charge in [0.1, 0.15) is 0 Å². The van der Waals surface area contributed by atoms with Crippen LogP contribution in [0.25, 0.3) is 11.1 Å². The molecule has 3 N–H and O–H groups in total. The van der Waals surface area contributed by atoms with Gasteiger partial charge in [-0.15, -0.1) is 0 Å². The fourth-order valence-corrected chi connectivity index (χ4v) is 1.99. The minimum atomic E-state index is -3.74. The van der Waals surface area contributed by atoms with Gasteiger partial charge in [-0.05, 0) is 12.1 Å². The Morgan fingerprint density at radius 3 is 2.75 bits per heavy atom. The largest absolute Gasteiger partial charge is 0.419 e. The van der Waals surface area contributed by atoms with Crippen LogP contribution in [0.4, 0.5) is 0 Å². The number of hydrogen-bond acceptors (Lipinski definition) is 5. The molecule has 2 rings (SSSR count). The number of fused-ring (bicyclic) bond motifs is 1. The van der Waals surface area contributed by atoms with Crippen LogP contribution in [-0.2, 0) is 17.1 Å². The van der Waals surface area contributed by atoms with E-state index in [1.54, 1.807) is 4.83 Å². The maximum absolute atomic E-state index is 11.4. The van der Waals surface area contributed by atoms with Crippen LogP contribution >= 0.6 is 0 Å². The lowest BCUT2D eigenvalue weighted by Gasteiger charge is -2.01. The van der Waals surface area contributed by atoms with Gasteiger partial charge in [-0.3, -0.25) is 10.4 Å². The second-order valence-electron chi connectivity index (χ2n) is 3.18. The monoisotopic (exact) mass is 243 g/mol. The summed E-state index contributed by atoms with van der Waals surface area (Å²) < 4.78 is 28.9. The molecule has 8 heteroatoms. The van der Waals surface area contributed by atoms with Gasteiger partial charge in [0.05, 0.1) is 10.4 Å². The summed E-state index contributed by atoms with van der Waals surface area (Å²) in [4.78, 5) is 12.8. The molecule has 86 valence electrons. The highest BCUT2D eigenvalue weighted by Gasteiger charge is 2.14. The topological polar surface area (TPSA) is 107 Å². The van der Waals surface area contributed by atoms with E-state index in [4.69, 9.17) is 10.3 Å². The molecule has 1 aromatic carbocycles. The molecule has 0 unspecified atom stereocenters. The summed E-state index contributed by atoms with van der Waals surface area (Å²) in [6.07, 6.45) is 0. The molecule has 0 fully saturated rings. The van der Waals surface area contributed by atoms with Gasteiger partial charge >= 0.3 is 5.76 Å². The molecule has 0 aliphatic carbocycles. The van der Waals surface area contributed by atoms with Crippen molar-refractivity contribution in [3.8, 4) is 0 Å². The zero-order chi connectivity index (χ0) is 11.9. The van der Waals surface area contributed by atoms with E-state index < -0.39 is 15.8 Å². The minimum Gasteiger partial charge on any atom is -0.408 e. The number of aromatic nitrogens is 1. The third-order valence-electron chi connectivity index (χ3n) is 2.23. The standard InChI is InChI=1S/C8H9N3O4S/c1-11-6-3-2-5(16(13,14)10-9)4-7(6)15-8(11)12/h2-4,10H,9H2,1H3. The van der Waals surface area contributed by atoms with E-state index in [1.165, 1.54) is 29.8 Å². The van der Waals surface area contributed by atoms with Gasteiger partial charge in [-0.25, -0.2) is 13.2 Å². The maximum Gasteiger partial charge on any atom is 0.419 e. The first-order valence-corrected chi connectivity index (χ1v) is 5.76. The summed E-state index contributed by atoms with van der Waals surface area (Å²) >= 11 is 0. The van der Waals surface area contributed by atoms with Crippen LogP contribution in [0, 0.1) is 0 Å². The molecular weight excluding hydrogens is 234 g/mol. The third kappa shape index (κ3) is 1.52. The van der Waals surface area contributed by atoms with Crippen LogP contribution < -0.4 is 16.4 Å². The highest BCUT2D eigenvalue weighted by atomic mass is 32.2. The summed E-state index contributed by atoms with van der Waals surface area (Å²) in [5.41, 5.74) is 0.713. The highest BCUT2D eigenvalue weighted by Crippen LogP contribution is 2.17. The molecule has 2 aromatic rings. The Hall–Kier alpha value is -1.64. The summed E-state index contributed by atoms with van der Waals surface area (Å²) in [5.74, 6) is 4.33. The number of rotatable bonds is 2. The molecule has 1 aromatic heterocycles. The Morgan fingerprint density at radius 2 is 2.12 bits per heavy atom. The van der Waals surface area contributed by atoms with Crippen LogP contribution in [0.5, 0.6) is 0 Å². The molecule has 0 saturated heterocycles. The van der Waals surface area contributed by atoms with E-state index in [2.05, 4.69) is 0 Å². The molecule has 0 amide bonds. The van der Waals surface area contributed by atoms with Gasteiger partial charge in [0.25, 0.3) is 10.0 Å².